The average Bonchev–Trinajstić information content (AvgIpc) is 2.48. The van der Waals surface area contributed by atoms with Crippen LogP contribution in [-0.2, 0) is 0 Å². The van der Waals surface area contributed by atoms with Gasteiger partial charge in [-0.2, -0.15) is 0 Å². The normalized spacial score (nSPS) is 16.4. The van der Waals surface area contributed by atoms with Gasteiger partial charge in [-0.05, 0) is 47.6 Å². The lowest BCUT2D eigenvalue weighted by Crippen LogP contribution is -2.34. The molecule has 2 N–H and O–H groups in total. The summed E-state index contributed by atoms with van der Waals surface area (Å²) in [4.78, 5) is 0. The van der Waals surface area contributed by atoms with Crippen molar-refractivity contribution >= 4 is 0 Å². The van der Waals surface area contributed by atoms with Crippen molar-refractivity contribution in [2.24, 2.45) is 22.7 Å². The molecule has 2 heteroatoms. The number of allylic oxidation sites excluding steroid dienone is 2. The Labute approximate surface area is 156 Å². The van der Waals surface area contributed by atoms with Crippen molar-refractivity contribution < 1.29 is 0 Å². The van der Waals surface area contributed by atoms with Gasteiger partial charge in [-0.25, -0.2) is 0 Å². The molecular weight excluding hydrogens is 304 g/mol. The van der Waals surface area contributed by atoms with Crippen LogP contribution in [0, 0.1) is 22.7 Å². The second-order valence-corrected chi connectivity index (χ2v) is 8.73. The maximum Gasteiger partial charge on any atom is 0.0489 e. The molecular formula is C23H40N2. The summed E-state index contributed by atoms with van der Waals surface area (Å²) in [5, 5.41) is 6.68. The van der Waals surface area contributed by atoms with Crippen molar-refractivity contribution in [3.8, 4) is 0 Å². The standard InChI is InChI=1S/C23H40N2/c1-10-13-19(14-17-24-16-11-2)25-18-15-21(23(7,8)9)20(12-3)22(4,5)6/h10-12,14-15,17-21,24-25H,1-3,13,16H2,4-9H3/b17-14+,18-15+. The molecule has 0 bridgehead atoms. The van der Waals surface area contributed by atoms with Crippen molar-refractivity contribution in [3.63, 3.8) is 0 Å². The molecule has 3 atom stereocenters. The van der Waals surface area contributed by atoms with Crippen molar-refractivity contribution in [1.82, 2.24) is 10.6 Å². The summed E-state index contributed by atoms with van der Waals surface area (Å²) in [6, 6.07) is 0.225. The van der Waals surface area contributed by atoms with Gasteiger partial charge in [0.1, 0.15) is 0 Å². The van der Waals surface area contributed by atoms with Gasteiger partial charge in [-0.1, -0.05) is 65.8 Å². The Morgan fingerprint density at radius 1 is 0.800 bits per heavy atom. The molecule has 0 amide bonds. The van der Waals surface area contributed by atoms with E-state index in [9.17, 15) is 0 Å². The second-order valence-electron chi connectivity index (χ2n) is 8.73. The topological polar surface area (TPSA) is 24.1 Å². The van der Waals surface area contributed by atoms with Crippen LogP contribution < -0.4 is 10.6 Å². The molecule has 142 valence electrons. The third-order valence-corrected chi connectivity index (χ3v) is 4.38. The van der Waals surface area contributed by atoms with Gasteiger partial charge in [0.25, 0.3) is 0 Å². The molecule has 3 unspecified atom stereocenters. The first-order valence-corrected chi connectivity index (χ1v) is 9.25. The summed E-state index contributed by atoms with van der Waals surface area (Å²) in [7, 11) is 0. The molecule has 0 aromatic rings. The third-order valence-electron chi connectivity index (χ3n) is 4.38. The van der Waals surface area contributed by atoms with E-state index in [1.54, 1.807) is 0 Å². The molecule has 25 heavy (non-hydrogen) atoms. The van der Waals surface area contributed by atoms with Crippen LogP contribution in [0.3, 0.4) is 0 Å². The molecule has 0 radical (unpaired) electrons. The molecule has 0 aliphatic rings. The van der Waals surface area contributed by atoms with E-state index in [0.29, 0.717) is 11.8 Å². The molecule has 0 aliphatic carbocycles. The molecule has 0 heterocycles. The van der Waals surface area contributed by atoms with Crippen LogP contribution in [0.5, 0.6) is 0 Å². The van der Waals surface area contributed by atoms with E-state index in [1.165, 1.54) is 0 Å². The summed E-state index contributed by atoms with van der Waals surface area (Å²) in [6.45, 7) is 26.2. The quantitative estimate of drug-likeness (QED) is 0.364. The summed E-state index contributed by atoms with van der Waals surface area (Å²) >= 11 is 0. The molecule has 0 aromatic carbocycles. The zero-order valence-electron chi connectivity index (χ0n) is 17.3. The molecule has 0 rings (SSSR count). The van der Waals surface area contributed by atoms with Gasteiger partial charge in [0.05, 0.1) is 0 Å². The fourth-order valence-electron chi connectivity index (χ4n) is 2.99. The predicted octanol–water partition coefficient (Wildman–Crippen LogP) is 5.83. The van der Waals surface area contributed by atoms with E-state index in [0.717, 1.165) is 13.0 Å². The summed E-state index contributed by atoms with van der Waals surface area (Å²) in [6.07, 6.45) is 15.3. The van der Waals surface area contributed by atoms with Crippen LogP contribution in [0.15, 0.2) is 62.5 Å². The largest absolute Gasteiger partial charge is 0.388 e. The molecule has 0 saturated carbocycles. The second kappa shape index (κ2) is 11.0. The number of hydrogen-bond donors (Lipinski definition) is 2. The first-order valence-electron chi connectivity index (χ1n) is 9.25. The Morgan fingerprint density at radius 2 is 1.40 bits per heavy atom. The highest BCUT2D eigenvalue weighted by atomic mass is 14.9. The van der Waals surface area contributed by atoms with E-state index < -0.39 is 0 Å². The minimum Gasteiger partial charge on any atom is -0.388 e. The van der Waals surface area contributed by atoms with E-state index in [-0.39, 0.29) is 16.9 Å². The average molecular weight is 345 g/mol. The zero-order chi connectivity index (χ0) is 19.5. The maximum atomic E-state index is 4.10. The number of hydrogen-bond acceptors (Lipinski definition) is 2. The van der Waals surface area contributed by atoms with Crippen molar-refractivity contribution in [3.05, 3.63) is 62.5 Å². The lowest BCUT2D eigenvalue weighted by atomic mass is 9.64. The lowest BCUT2D eigenvalue weighted by molar-refractivity contribution is 0.143. The van der Waals surface area contributed by atoms with E-state index in [1.807, 2.05) is 18.4 Å². The summed E-state index contributed by atoms with van der Waals surface area (Å²) < 4.78 is 0. The van der Waals surface area contributed by atoms with Crippen LogP contribution in [0.4, 0.5) is 0 Å². The fraction of sp³-hybridized carbons (Fsp3) is 0.565. The van der Waals surface area contributed by atoms with Crippen molar-refractivity contribution in [2.45, 2.75) is 54.0 Å². The first-order chi connectivity index (χ1) is 11.6. The highest BCUT2D eigenvalue weighted by Gasteiger charge is 2.35. The van der Waals surface area contributed by atoms with Gasteiger partial charge in [0, 0.05) is 12.6 Å². The molecule has 0 aromatic heterocycles. The number of rotatable bonds is 11. The fourth-order valence-corrected chi connectivity index (χ4v) is 2.99. The van der Waals surface area contributed by atoms with Crippen LogP contribution in [-0.4, -0.2) is 12.6 Å². The van der Waals surface area contributed by atoms with Gasteiger partial charge in [0.2, 0.25) is 0 Å². The van der Waals surface area contributed by atoms with Gasteiger partial charge in [0.15, 0.2) is 0 Å². The summed E-state index contributed by atoms with van der Waals surface area (Å²) in [5.74, 6) is 0.818. The highest BCUT2D eigenvalue weighted by molar-refractivity contribution is 5.06. The monoisotopic (exact) mass is 344 g/mol. The first kappa shape index (κ1) is 23.3. The van der Waals surface area contributed by atoms with Gasteiger partial charge in [-0.15, -0.1) is 19.7 Å². The zero-order valence-corrected chi connectivity index (χ0v) is 17.3. The van der Waals surface area contributed by atoms with Crippen molar-refractivity contribution in [2.75, 3.05) is 6.54 Å². The molecule has 0 fully saturated rings. The molecule has 0 aliphatic heterocycles. The Hall–Kier alpha value is -1.70. The minimum atomic E-state index is 0.166. The Bertz CT molecular complexity index is 457. The highest BCUT2D eigenvalue weighted by Crippen LogP contribution is 2.42. The Balaban J connectivity index is 5.14. The number of nitrogens with one attached hydrogen (secondary N) is 2. The van der Waals surface area contributed by atoms with Crippen LogP contribution in [0.25, 0.3) is 0 Å². The summed E-state index contributed by atoms with van der Waals surface area (Å²) in [5.41, 5.74) is 0.346. The predicted molar refractivity (Wildman–Crippen MR) is 114 cm³/mol. The van der Waals surface area contributed by atoms with Gasteiger partial charge < -0.3 is 10.6 Å². The van der Waals surface area contributed by atoms with Crippen molar-refractivity contribution in [1.29, 1.82) is 0 Å². The van der Waals surface area contributed by atoms with Crippen LogP contribution in [0.2, 0.25) is 0 Å². The van der Waals surface area contributed by atoms with Gasteiger partial charge >= 0.3 is 0 Å². The van der Waals surface area contributed by atoms with E-state index in [4.69, 9.17) is 0 Å². The molecule has 2 nitrogen and oxygen atoms in total. The van der Waals surface area contributed by atoms with Crippen LogP contribution in [0.1, 0.15) is 48.0 Å². The lowest BCUT2D eigenvalue weighted by Gasteiger charge is -2.40. The minimum absolute atomic E-state index is 0.166. The molecule has 0 spiro atoms. The molecule has 0 saturated heterocycles. The van der Waals surface area contributed by atoms with Crippen LogP contribution >= 0.6 is 0 Å². The van der Waals surface area contributed by atoms with E-state index >= 15 is 0 Å². The Morgan fingerprint density at radius 3 is 1.84 bits per heavy atom. The van der Waals surface area contributed by atoms with Gasteiger partial charge in [-0.3, -0.25) is 0 Å². The maximum absolute atomic E-state index is 4.10. The third kappa shape index (κ3) is 9.38. The SMILES string of the molecule is C=CCN/C=C/C(CC=C)N/C=C/C(C(C=C)C(C)(C)C)C(C)(C)C. The smallest absolute Gasteiger partial charge is 0.0489 e. The Kier molecular flexibility index (Phi) is 10.3. The van der Waals surface area contributed by atoms with E-state index in [2.05, 4.69) is 96.3 Å².